The second-order valence-corrected chi connectivity index (χ2v) is 9.43. The number of hydrogen-bond donors (Lipinski definition) is 1. The summed E-state index contributed by atoms with van der Waals surface area (Å²) >= 11 is 0. The van der Waals surface area contributed by atoms with Crippen molar-refractivity contribution in [2.24, 2.45) is 11.8 Å². The van der Waals surface area contributed by atoms with Crippen LogP contribution >= 0.6 is 0 Å². The van der Waals surface area contributed by atoms with E-state index in [1.165, 1.54) is 24.8 Å². The molecule has 0 spiro atoms. The lowest BCUT2D eigenvalue weighted by molar-refractivity contribution is -0.123. The number of hydrogen-bond acceptors (Lipinski definition) is 4. The zero-order chi connectivity index (χ0) is 18.6. The Balaban J connectivity index is 1.99. The van der Waals surface area contributed by atoms with E-state index in [9.17, 15) is 13.2 Å². The Morgan fingerprint density at radius 1 is 1.20 bits per heavy atom. The Hall–Kier alpha value is -1.44. The molecule has 25 heavy (non-hydrogen) atoms. The zero-order valence-corrected chi connectivity index (χ0v) is 16.3. The Kier molecular flexibility index (Phi) is 6.59. The van der Waals surface area contributed by atoms with Crippen molar-refractivity contribution >= 4 is 15.9 Å². The van der Waals surface area contributed by atoms with Gasteiger partial charge in [-0.1, -0.05) is 32.0 Å². The molecule has 140 valence electrons. The van der Waals surface area contributed by atoms with Gasteiger partial charge in [-0.3, -0.25) is 9.69 Å². The fraction of sp³-hybridized carbons (Fsp3) is 0.611. The molecule has 2 rings (SSSR count). The number of sulfonamides is 1. The molecule has 0 radical (unpaired) electrons. The third-order valence-corrected chi connectivity index (χ3v) is 6.43. The highest BCUT2D eigenvalue weighted by Crippen LogP contribution is 2.21. The molecule has 0 aromatic heterocycles. The molecule has 0 saturated carbocycles. The van der Waals surface area contributed by atoms with Crippen LogP contribution in [-0.2, 0) is 21.4 Å². The average Bonchev–Trinajstić information content (AvgIpc) is 2.52. The van der Waals surface area contributed by atoms with Crippen molar-refractivity contribution < 1.29 is 13.2 Å². The smallest absolute Gasteiger partial charge is 0.242 e. The molecule has 0 bridgehead atoms. The Bertz CT molecular complexity index is 693. The van der Waals surface area contributed by atoms with Crippen molar-refractivity contribution in [1.82, 2.24) is 14.5 Å². The minimum Gasteiger partial charge on any atom is -0.351 e. The van der Waals surface area contributed by atoms with E-state index < -0.39 is 10.0 Å². The number of amides is 1. The summed E-state index contributed by atoms with van der Waals surface area (Å²) in [6.45, 7) is 6.86. The first-order chi connectivity index (χ1) is 11.7. The molecule has 1 fully saturated rings. The van der Waals surface area contributed by atoms with Gasteiger partial charge in [0.25, 0.3) is 0 Å². The maximum Gasteiger partial charge on any atom is 0.242 e. The van der Waals surface area contributed by atoms with E-state index in [1.807, 2.05) is 0 Å². The largest absolute Gasteiger partial charge is 0.351 e. The number of piperidine rings is 1. The van der Waals surface area contributed by atoms with E-state index in [-0.39, 0.29) is 17.3 Å². The lowest BCUT2D eigenvalue weighted by Gasteiger charge is -2.34. The molecular weight excluding hydrogens is 338 g/mol. The van der Waals surface area contributed by atoms with Crippen molar-refractivity contribution in [1.29, 1.82) is 0 Å². The number of likely N-dealkylation sites (tertiary alicyclic amines) is 1. The van der Waals surface area contributed by atoms with E-state index in [0.717, 1.165) is 13.1 Å². The Morgan fingerprint density at radius 3 is 2.40 bits per heavy atom. The summed E-state index contributed by atoms with van der Waals surface area (Å²) in [4.78, 5) is 14.7. The van der Waals surface area contributed by atoms with Gasteiger partial charge in [-0.05, 0) is 29.9 Å². The molecule has 1 aromatic rings. The molecular formula is C18H29N3O3S. The first-order valence-corrected chi connectivity index (χ1v) is 10.1. The van der Waals surface area contributed by atoms with Crippen LogP contribution < -0.4 is 5.32 Å². The monoisotopic (exact) mass is 367 g/mol. The minimum atomic E-state index is -3.53. The highest BCUT2D eigenvalue weighted by atomic mass is 32.2. The summed E-state index contributed by atoms with van der Waals surface area (Å²) in [6, 6.07) is 6.79. The van der Waals surface area contributed by atoms with E-state index in [0.29, 0.717) is 23.9 Å². The number of nitrogens with one attached hydrogen (secondary N) is 1. The molecule has 7 heteroatoms. The molecule has 1 heterocycles. The van der Waals surface area contributed by atoms with Crippen LogP contribution in [0.25, 0.3) is 0 Å². The molecule has 1 amide bonds. The second-order valence-electron chi connectivity index (χ2n) is 7.31. The molecule has 2 atom stereocenters. The van der Waals surface area contributed by atoms with E-state index in [1.54, 1.807) is 24.3 Å². The standard InChI is InChI=1S/C18H29N3O3S/c1-14-9-15(2)12-21(11-14)13-18(22)19-10-16-7-5-6-8-17(16)25(23,24)20(3)4/h5-8,14-15H,9-13H2,1-4H3,(H,19,22). The van der Waals surface area contributed by atoms with Gasteiger partial charge in [0, 0.05) is 33.7 Å². The van der Waals surface area contributed by atoms with Gasteiger partial charge in [-0.2, -0.15) is 0 Å². The molecule has 1 aromatic carbocycles. The summed E-state index contributed by atoms with van der Waals surface area (Å²) in [6.07, 6.45) is 1.20. The highest BCUT2D eigenvalue weighted by Gasteiger charge is 2.24. The number of carbonyl (C=O) groups is 1. The summed E-state index contributed by atoms with van der Waals surface area (Å²) < 4.78 is 26.0. The van der Waals surface area contributed by atoms with Gasteiger partial charge in [-0.25, -0.2) is 12.7 Å². The SMILES string of the molecule is CC1CC(C)CN(CC(=O)NCc2ccccc2S(=O)(=O)N(C)C)C1. The van der Waals surface area contributed by atoms with E-state index in [2.05, 4.69) is 24.1 Å². The van der Waals surface area contributed by atoms with Crippen LogP contribution in [0.3, 0.4) is 0 Å². The minimum absolute atomic E-state index is 0.0710. The van der Waals surface area contributed by atoms with Crippen molar-refractivity contribution in [2.45, 2.75) is 31.7 Å². The second kappa shape index (κ2) is 8.29. The third kappa shape index (κ3) is 5.26. The molecule has 6 nitrogen and oxygen atoms in total. The van der Waals surface area contributed by atoms with Gasteiger partial charge in [0.1, 0.15) is 0 Å². The fourth-order valence-electron chi connectivity index (χ4n) is 3.47. The van der Waals surface area contributed by atoms with Gasteiger partial charge in [-0.15, -0.1) is 0 Å². The maximum atomic E-state index is 12.4. The average molecular weight is 368 g/mol. The normalized spacial score (nSPS) is 22.1. The summed E-state index contributed by atoms with van der Waals surface area (Å²) in [5.41, 5.74) is 0.602. The van der Waals surface area contributed by atoms with Crippen LogP contribution in [0, 0.1) is 11.8 Å². The molecule has 1 aliphatic heterocycles. The fourth-order valence-corrected chi connectivity index (χ4v) is 4.59. The van der Waals surface area contributed by atoms with Crippen LogP contribution in [-0.4, -0.2) is 57.3 Å². The summed E-state index contributed by atoms with van der Waals surface area (Å²) in [7, 11) is -0.519. The highest BCUT2D eigenvalue weighted by molar-refractivity contribution is 7.89. The van der Waals surface area contributed by atoms with Crippen LogP contribution in [0.15, 0.2) is 29.2 Å². The van der Waals surface area contributed by atoms with Crippen molar-refractivity contribution in [3.63, 3.8) is 0 Å². The Morgan fingerprint density at radius 2 is 1.80 bits per heavy atom. The topological polar surface area (TPSA) is 69.7 Å². The molecule has 1 saturated heterocycles. The van der Waals surface area contributed by atoms with Gasteiger partial charge in [0.15, 0.2) is 0 Å². The van der Waals surface area contributed by atoms with Crippen LogP contribution in [0.5, 0.6) is 0 Å². The molecule has 0 aliphatic carbocycles. The van der Waals surface area contributed by atoms with Crippen LogP contribution in [0.4, 0.5) is 0 Å². The van der Waals surface area contributed by atoms with Crippen molar-refractivity contribution in [2.75, 3.05) is 33.7 Å². The van der Waals surface area contributed by atoms with Crippen molar-refractivity contribution in [3.8, 4) is 0 Å². The third-order valence-electron chi connectivity index (χ3n) is 4.52. The van der Waals surface area contributed by atoms with Gasteiger partial charge >= 0.3 is 0 Å². The predicted molar refractivity (Wildman–Crippen MR) is 98.5 cm³/mol. The van der Waals surface area contributed by atoms with Crippen molar-refractivity contribution in [3.05, 3.63) is 29.8 Å². The van der Waals surface area contributed by atoms with Crippen LogP contribution in [0.1, 0.15) is 25.8 Å². The van der Waals surface area contributed by atoms with Crippen LogP contribution in [0.2, 0.25) is 0 Å². The number of nitrogens with zero attached hydrogens (tertiary/aromatic N) is 2. The predicted octanol–water partition coefficient (Wildman–Crippen LogP) is 1.53. The molecule has 2 unspecified atom stereocenters. The lowest BCUT2D eigenvalue weighted by atomic mass is 9.92. The molecule has 1 aliphatic rings. The Labute approximate surface area is 151 Å². The number of rotatable bonds is 6. The lowest BCUT2D eigenvalue weighted by Crippen LogP contribution is -2.44. The first kappa shape index (κ1) is 19.9. The zero-order valence-electron chi connectivity index (χ0n) is 15.5. The number of carbonyl (C=O) groups excluding carboxylic acids is 1. The van der Waals surface area contributed by atoms with Gasteiger partial charge < -0.3 is 5.32 Å². The first-order valence-electron chi connectivity index (χ1n) is 8.69. The number of benzene rings is 1. The quantitative estimate of drug-likeness (QED) is 0.828. The summed E-state index contributed by atoms with van der Waals surface area (Å²) in [5, 5.41) is 2.86. The van der Waals surface area contributed by atoms with Gasteiger partial charge in [0.05, 0.1) is 11.4 Å². The van der Waals surface area contributed by atoms with E-state index in [4.69, 9.17) is 0 Å². The van der Waals surface area contributed by atoms with Gasteiger partial charge in [0.2, 0.25) is 15.9 Å². The molecule has 1 N–H and O–H groups in total. The maximum absolute atomic E-state index is 12.4. The summed E-state index contributed by atoms with van der Waals surface area (Å²) in [5.74, 6) is 1.13. The van der Waals surface area contributed by atoms with E-state index >= 15 is 0 Å².